The van der Waals surface area contributed by atoms with Crippen molar-refractivity contribution in [1.29, 1.82) is 0 Å². The van der Waals surface area contributed by atoms with Gasteiger partial charge >= 0.3 is 0 Å². The van der Waals surface area contributed by atoms with Crippen molar-refractivity contribution in [2.75, 3.05) is 0 Å². The van der Waals surface area contributed by atoms with Crippen molar-refractivity contribution in [2.24, 2.45) is 0 Å². The summed E-state index contributed by atoms with van der Waals surface area (Å²) >= 11 is 3.26. The fraction of sp³-hybridized carbons (Fsp3) is 0.400. The normalized spacial score (nSPS) is 27.9. The van der Waals surface area contributed by atoms with Crippen LogP contribution in [0.25, 0.3) is 10.4 Å². The first-order valence-electron chi connectivity index (χ1n) is 6.99. The number of rotatable bonds is 3. The molecule has 2 aliphatic rings. The topological polar surface area (TPSA) is 41.1 Å². The molecule has 0 aromatic carbocycles. The monoisotopic (exact) mass is 304 g/mol. The van der Waals surface area contributed by atoms with Crippen LogP contribution >= 0.6 is 22.7 Å². The number of carbonyl (C=O) groups excluding carboxylic acids is 1. The van der Waals surface area contributed by atoms with Gasteiger partial charge in [0.15, 0.2) is 0 Å². The summed E-state index contributed by atoms with van der Waals surface area (Å²) < 4.78 is 0. The van der Waals surface area contributed by atoms with Crippen molar-refractivity contribution < 1.29 is 4.79 Å². The minimum absolute atomic E-state index is 0.0795. The van der Waals surface area contributed by atoms with Crippen LogP contribution in [-0.4, -0.2) is 24.0 Å². The molecule has 2 saturated heterocycles. The smallest absolute Gasteiger partial charge is 0.261 e. The van der Waals surface area contributed by atoms with Crippen LogP contribution in [0.2, 0.25) is 0 Å². The first kappa shape index (κ1) is 12.6. The van der Waals surface area contributed by atoms with Crippen LogP contribution in [0.1, 0.15) is 28.9 Å². The Kier molecular flexibility index (Phi) is 3.13. The Hall–Kier alpha value is -1.17. The van der Waals surface area contributed by atoms with E-state index in [1.807, 2.05) is 12.1 Å². The maximum Gasteiger partial charge on any atom is 0.261 e. The molecule has 2 N–H and O–H groups in total. The number of hydrogen-bond acceptors (Lipinski definition) is 4. The molecule has 2 aromatic heterocycles. The molecule has 1 amide bonds. The molecule has 3 nitrogen and oxygen atoms in total. The molecule has 20 heavy (non-hydrogen) atoms. The highest BCUT2D eigenvalue weighted by Gasteiger charge is 2.39. The second-order valence-corrected chi connectivity index (χ2v) is 7.40. The second-order valence-electron chi connectivity index (χ2n) is 5.54. The SMILES string of the molecule is O=C(N[C@@H]1C[C@H]2CC[C@@H]1N2)c1ccc(-c2ccsc2)s1. The molecule has 2 fully saturated rings. The van der Waals surface area contributed by atoms with Crippen LogP contribution in [-0.2, 0) is 0 Å². The van der Waals surface area contributed by atoms with Crippen molar-refractivity contribution in [3.63, 3.8) is 0 Å². The molecule has 0 spiro atoms. The zero-order valence-electron chi connectivity index (χ0n) is 11.0. The van der Waals surface area contributed by atoms with Crippen LogP contribution in [0.15, 0.2) is 29.0 Å². The Balaban J connectivity index is 1.46. The molecule has 104 valence electrons. The quantitative estimate of drug-likeness (QED) is 0.915. The third-order valence-electron chi connectivity index (χ3n) is 4.25. The summed E-state index contributed by atoms with van der Waals surface area (Å²) in [7, 11) is 0. The lowest BCUT2D eigenvalue weighted by Gasteiger charge is -2.20. The first-order valence-corrected chi connectivity index (χ1v) is 8.75. The molecule has 2 bridgehead atoms. The fourth-order valence-electron chi connectivity index (χ4n) is 3.24. The summed E-state index contributed by atoms with van der Waals surface area (Å²) in [5.74, 6) is 0.0795. The van der Waals surface area contributed by atoms with E-state index in [9.17, 15) is 4.79 Å². The minimum atomic E-state index is 0.0795. The average Bonchev–Trinajstić information content (AvgIpc) is 3.21. The highest BCUT2D eigenvalue weighted by atomic mass is 32.1. The van der Waals surface area contributed by atoms with Gasteiger partial charge in [0, 0.05) is 28.6 Å². The lowest BCUT2D eigenvalue weighted by atomic mass is 9.95. The van der Waals surface area contributed by atoms with Crippen LogP contribution in [0.3, 0.4) is 0 Å². The summed E-state index contributed by atoms with van der Waals surface area (Å²) in [6, 6.07) is 7.50. The molecule has 4 rings (SSSR count). The molecule has 0 saturated carbocycles. The zero-order valence-corrected chi connectivity index (χ0v) is 12.6. The van der Waals surface area contributed by atoms with Gasteiger partial charge in [0.1, 0.15) is 0 Å². The largest absolute Gasteiger partial charge is 0.347 e. The fourth-order valence-corrected chi connectivity index (χ4v) is 4.88. The first-order chi connectivity index (χ1) is 9.79. The molecule has 0 aliphatic carbocycles. The number of fused-ring (bicyclic) bond motifs is 2. The van der Waals surface area contributed by atoms with Crippen molar-refractivity contribution in [3.8, 4) is 10.4 Å². The minimum Gasteiger partial charge on any atom is -0.347 e. The Morgan fingerprint density at radius 3 is 2.95 bits per heavy atom. The standard InChI is InChI=1S/C15H16N2OS2/c18-15(17-12-7-10-1-2-11(12)16-10)14-4-3-13(20-14)9-5-6-19-8-9/h3-6,8,10-12,16H,1-2,7H2,(H,17,18)/t10-,11+,12-/m1/s1. The maximum absolute atomic E-state index is 12.3. The predicted octanol–water partition coefficient (Wildman–Crippen LogP) is 3.10. The number of nitrogens with one attached hydrogen (secondary N) is 2. The Labute approximate surface area is 126 Å². The molecular formula is C15H16N2OS2. The van der Waals surface area contributed by atoms with Crippen molar-refractivity contribution in [1.82, 2.24) is 10.6 Å². The van der Waals surface area contributed by atoms with Crippen LogP contribution < -0.4 is 10.6 Å². The number of thiophene rings is 2. The lowest BCUT2D eigenvalue weighted by Crippen LogP contribution is -2.42. The zero-order chi connectivity index (χ0) is 13.5. The lowest BCUT2D eigenvalue weighted by molar-refractivity contribution is 0.0935. The summed E-state index contributed by atoms with van der Waals surface area (Å²) in [6.45, 7) is 0. The summed E-state index contributed by atoms with van der Waals surface area (Å²) in [5.41, 5.74) is 1.21. The average molecular weight is 304 g/mol. The highest BCUT2D eigenvalue weighted by molar-refractivity contribution is 7.17. The molecule has 0 radical (unpaired) electrons. The van der Waals surface area contributed by atoms with Gasteiger partial charge in [-0.1, -0.05) is 0 Å². The van der Waals surface area contributed by atoms with E-state index < -0.39 is 0 Å². The summed E-state index contributed by atoms with van der Waals surface area (Å²) in [4.78, 5) is 14.3. The van der Waals surface area contributed by atoms with Gasteiger partial charge in [-0.15, -0.1) is 11.3 Å². The van der Waals surface area contributed by atoms with Gasteiger partial charge in [0.05, 0.1) is 4.88 Å². The maximum atomic E-state index is 12.3. The third-order valence-corrected chi connectivity index (χ3v) is 6.07. The van der Waals surface area contributed by atoms with Crippen molar-refractivity contribution in [2.45, 2.75) is 37.4 Å². The second kappa shape index (κ2) is 4.98. The molecular weight excluding hydrogens is 288 g/mol. The van der Waals surface area contributed by atoms with Crippen LogP contribution in [0, 0.1) is 0 Å². The number of carbonyl (C=O) groups is 1. The predicted molar refractivity (Wildman–Crippen MR) is 83.4 cm³/mol. The van der Waals surface area contributed by atoms with Crippen molar-refractivity contribution >= 4 is 28.6 Å². The number of hydrogen-bond donors (Lipinski definition) is 2. The molecule has 2 aromatic rings. The molecule has 0 unspecified atom stereocenters. The molecule has 2 aliphatic heterocycles. The Bertz CT molecular complexity index is 620. The van der Waals surface area contributed by atoms with Gasteiger partial charge in [-0.2, -0.15) is 11.3 Å². The molecule has 4 heterocycles. The van der Waals surface area contributed by atoms with E-state index in [4.69, 9.17) is 0 Å². The van der Waals surface area contributed by atoms with Gasteiger partial charge < -0.3 is 10.6 Å². The molecule has 3 atom stereocenters. The van der Waals surface area contributed by atoms with E-state index in [0.717, 1.165) is 11.3 Å². The Morgan fingerprint density at radius 2 is 2.25 bits per heavy atom. The third kappa shape index (κ3) is 2.20. The van der Waals surface area contributed by atoms with E-state index in [2.05, 4.69) is 27.5 Å². The van der Waals surface area contributed by atoms with Crippen molar-refractivity contribution in [3.05, 3.63) is 33.8 Å². The summed E-state index contributed by atoms with van der Waals surface area (Å²) in [5, 5.41) is 10.9. The summed E-state index contributed by atoms with van der Waals surface area (Å²) in [6.07, 6.45) is 3.54. The van der Waals surface area contributed by atoms with E-state index in [1.54, 1.807) is 22.7 Å². The van der Waals surface area contributed by atoms with E-state index in [-0.39, 0.29) is 5.91 Å². The van der Waals surface area contributed by atoms with Gasteiger partial charge in [0.25, 0.3) is 5.91 Å². The van der Waals surface area contributed by atoms with Crippen LogP contribution in [0.4, 0.5) is 0 Å². The highest BCUT2D eigenvalue weighted by Crippen LogP contribution is 2.31. The van der Waals surface area contributed by atoms with Crippen LogP contribution in [0.5, 0.6) is 0 Å². The number of amides is 1. The van der Waals surface area contributed by atoms with Gasteiger partial charge in [-0.3, -0.25) is 4.79 Å². The van der Waals surface area contributed by atoms with E-state index >= 15 is 0 Å². The van der Waals surface area contributed by atoms with Gasteiger partial charge in [-0.25, -0.2) is 0 Å². The van der Waals surface area contributed by atoms with E-state index in [0.29, 0.717) is 18.1 Å². The Morgan fingerprint density at radius 1 is 1.30 bits per heavy atom. The van der Waals surface area contributed by atoms with Gasteiger partial charge in [0.2, 0.25) is 0 Å². The molecule has 5 heteroatoms. The van der Waals surface area contributed by atoms with E-state index in [1.165, 1.54) is 23.3 Å². The van der Waals surface area contributed by atoms with Gasteiger partial charge in [-0.05, 0) is 48.2 Å².